The molecular formula is C9H12N4O2S. The van der Waals surface area contributed by atoms with E-state index in [1.54, 1.807) is 7.05 Å². The van der Waals surface area contributed by atoms with E-state index in [1.165, 1.54) is 21.4 Å². The molecule has 7 heteroatoms. The van der Waals surface area contributed by atoms with Gasteiger partial charge in [-0.3, -0.25) is 4.68 Å². The highest BCUT2D eigenvalue weighted by molar-refractivity contribution is 7.89. The summed E-state index contributed by atoms with van der Waals surface area (Å²) in [5, 5.41) is 12.7. The van der Waals surface area contributed by atoms with E-state index in [4.69, 9.17) is 5.26 Å². The fourth-order valence-electron chi connectivity index (χ4n) is 1.82. The molecule has 86 valence electrons. The first-order valence-electron chi connectivity index (χ1n) is 4.96. The molecule has 0 spiro atoms. The zero-order valence-corrected chi connectivity index (χ0v) is 9.68. The van der Waals surface area contributed by atoms with Gasteiger partial charge in [0.1, 0.15) is 10.9 Å². The van der Waals surface area contributed by atoms with Gasteiger partial charge >= 0.3 is 0 Å². The topological polar surface area (TPSA) is 79.0 Å². The highest BCUT2D eigenvalue weighted by atomic mass is 32.2. The van der Waals surface area contributed by atoms with Crippen LogP contribution >= 0.6 is 0 Å². The van der Waals surface area contributed by atoms with Crippen molar-refractivity contribution in [1.82, 2.24) is 14.1 Å². The Morgan fingerprint density at radius 3 is 2.94 bits per heavy atom. The van der Waals surface area contributed by atoms with Gasteiger partial charge in [0.05, 0.1) is 12.3 Å². The second-order valence-electron chi connectivity index (χ2n) is 3.75. The van der Waals surface area contributed by atoms with Crippen molar-refractivity contribution in [3.05, 3.63) is 12.4 Å². The van der Waals surface area contributed by atoms with Crippen molar-refractivity contribution in [2.24, 2.45) is 7.05 Å². The van der Waals surface area contributed by atoms with Crippen molar-refractivity contribution < 1.29 is 8.42 Å². The molecule has 1 fully saturated rings. The smallest absolute Gasteiger partial charge is 0.247 e. The van der Waals surface area contributed by atoms with Gasteiger partial charge in [-0.2, -0.15) is 14.7 Å². The maximum absolute atomic E-state index is 12.1. The maximum atomic E-state index is 12.1. The molecule has 1 unspecified atom stereocenters. The second kappa shape index (κ2) is 3.88. The molecule has 1 aromatic rings. The van der Waals surface area contributed by atoms with Gasteiger partial charge in [0, 0.05) is 19.8 Å². The summed E-state index contributed by atoms with van der Waals surface area (Å²) in [4.78, 5) is 0.150. The predicted molar refractivity (Wildman–Crippen MR) is 55.7 cm³/mol. The number of nitrogens with zero attached hydrogens (tertiary/aromatic N) is 4. The second-order valence-corrected chi connectivity index (χ2v) is 5.64. The van der Waals surface area contributed by atoms with E-state index < -0.39 is 16.1 Å². The van der Waals surface area contributed by atoms with Crippen LogP contribution in [0.15, 0.2) is 17.3 Å². The Labute approximate surface area is 94.1 Å². The van der Waals surface area contributed by atoms with Crippen LogP contribution in [0.4, 0.5) is 0 Å². The van der Waals surface area contributed by atoms with E-state index in [9.17, 15) is 8.42 Å². The Bertz CT molecular complexity index is 528. The van der Waals surface area contributed by atoms with Gasteiger partial charge in [0.25, 0.3) is 0 Å². The minimum absolute atomic E-state index is 0.150. The Morgan fingerprint density at radius 2 is 2.38 bits per heavy atom. The summed E-state index contributed by atoms with van der Waals surface area (Å²) >= 11 is 0. The summed E-state index contributed by atoms with van der Waals surface area (Å²) in [6.45, 7) is 0.412. The lowest BCUT2D eigenvalue weighted by Crippen LogP contribution is -2.34. The van der Waals surface area contributed by atoms with Crippen LogP contribution in [0.2, 0.25) is 0 Å². The van der Waals surface area contributed by atoms with Crippen LogP contribution in [0.5, 0.6) is 0 Å². The number of aromatic nitrogens is 2. The SMILES string of the molecule is Cn1cc(S(=O)(=O)N2CCCC2C#N)cn1. The summed E-state index contributed by atoms with van der Waals surface area (Å²) in [5.41, 5.74) is 0. The van der Waals surface area contributed by atoms with Gasteiger partial charge in [-0.1, -0.05) is 0 Å². The fourth-order valence-corrected chi connectivity index (χ4v) is 3.42. The van der Waals surface area contributed by atoms with Crippen molar-refractivity contribution in [3.8, 4) is 6.07 Å². The lowest BCUT2D eigenvalue weighted by atomic mass is 10.2. The van der Waals surface area contributed by atoms with E-state index in [0.717, 1.165) is 6.42 Å². The Kier molecular flexibility index (Phi) is 2.69. The van der Waals surface area contributed by atoms with Crippen LogP contribution < -0.4 is 0 Å². The number of rotatable bonds is 2. The molecule has 2 heterocycles. The summed E-state index contributed by atoms with van der Waals surface area (Å²) in [5.74, 6) is 0. The number of sulfonamides is 1. The normalized spacial score (nSPS) is 22.1. The van der Waals surface area contributed by atoms with Crippen molar-refractivity contribution in [3.63, 3.8) is 0 Å². The molecule has 1 atom stereocenters. The third kappa shape index (κ3) is 1.70. The molecule has 2 rings (SSSR count). The predicted octanol–water partition coefficient (Wildman–Crippen LogP) is 0.0968. The van der Waals surface area contributed by atoms with Gasteiger partial charge in [-0.15, -0.1) is 0 Å². The summed E-state index contributed by atoms with van der Waals surface area (Å²) in [7, 11) is -1.89. The van der Waals surface area contributed by atoms with E-state index in [2.05, 4.69) is 5.10 Å². The fraction of sp³-hybridized carbons (Fsp3) is 0.556. The molecule has 0 aliphatic carbocycles. The average molecular weight is 240 g/mol. The monoisotopic (exact) mass is 240 g/mol. The molecule has 0 bridgehead atoms. The molecule has 1 aromatic heterocycles. The van der Waals surface area contributed by atoms with Crippen molar-refractivity contribution >= 4 is 10.0 Å². The molecule has 1 aliphatic heterocycles. The zero-order valence-electron chi connectivity index (χ0n) is 8.87. The molecule has 0 amide bonds. The minimum atomic E-state index is -3.55. The van der Waals surface area contributed by atoms with Crippen LogP contribution in [0.3, 0.4) is 0 Å². The summed E-state index contributed by atoms with van der Waals surface area (Å²) in [6.07, 6.45) is 4.10. The number of aryl methyl sites for hydroxylation is 1. The molecule has 0 N–H and O–H groups in total. The highest BCUT2D eigenvalue weighted by Crippen LogP contribution is 2.25. The first-order valence-corrected chi connectivity index (χ1v) is 6.40. The molecule has 0 aromatic carbocycles. The number of hydrogen-bond acceptors (Lipinski definition) is 4. The van der Waals surface area contributed by atoms with Gasteiger partial charge in [0.2, 0.25) is 10.0 Å². The Morgan fingerprint density at radius 1 is 1.62 bits per heavy atom. The quantitative estimate of drug-likeness (QED) is 0.734. The van der Waals surface area contributed by atoms with E-state index in [0.29, 0.717) is 13.0 Å². The molecular weight excluding hydrogens is 228 g/mol. The van der Waals surface area contributed by atoms with E-state index in [-0.39, 0.29) is 4.90 Å². The van der Waals surface area contributed by atoms with Crippen LogP contribution in [-0.4, -0.2) is 35.1 Å². The summed E-state index contributed by atoms with van der Waals surface area (Å²) in [6, 6.07) is 1.48. The number of hydrogen-bond donors (Lipinski definition) is 0. The first kappa shape index (κ1) is 11.1. The lowest BCUT2D eigenvalue weighted by Gasteiger charge is -2.17. The zero-order chi connectivity index (χ0) is 11.8. The lowest BCUT2D eigenvalue weighted by molar-refractivity contribution is 0.437. The van der Waals surface area contributed by atoms with Gasteiger partial charge < -0.3 is 0 Å². The molecule has 0 saturated carbocycles. The maximum Gasteiger partial charge on any atom is 0.247 e. The Hall–Kier alpha value is -1.39. The van der Waals surface area contributed by atoms with Crippen molar-refractivity contribution in [2.75, 3.05) is 6.54 Å². The van der Waals surface area contributed by atoms with Gasteiger partial charge in [-0.05, 0) is 12.8 Å². The largest absolute Gasteiger partial charge is 0.274 e. The van der Waals surface area contributed by atoms with Crippen molar-refractivity contribution in [1.29, 1.82) is 5.26 Å². The van der Waals surface area contributed by atoms with E-state index in [1.807, 2.05) is 6.07 Å². The van der Waals surface area contributed by atoms with Crippen LogP contribution in [0.1, 0.15) is 12.8 Å². The third-order valence-corrected chi connectivity index (χ3v) is 4.50. The molecule has 1 aliphatic rings. The first-order chi connectivity index (χ1) is 7.55. The molecule has 6 nitrogen and oxygen atoms in total. The molecule has 16 heavy (non-hydrogen) atoms. The minimum Gasteiger partial charge on any atom is -0.274 e. The van der Waals surface area contributed by atoms with Crippen LogP contribution in [0, 0.1) is 11.3 Å². The van der Waals surface area contributed by atoms with Gasteiger partial charge in [-0.25, -0.2) is 8.42 Å². The summed E-state index contributed by atoms with van der Waals surface area (Å²) < 4.78 is 27.0. The Balaban J connectivity index is 2.36. The van der Waals surface area contributed by atoms with E-state index >= 15 is 0 Å². The highest BCUT2D eigenvalue weighted by Gasteiger charge is 2.35. The molecule has 1 saturated heterocycles. The molecule has 0 radical (unpaired) electrons. The van der Waals surface area contributed by atoms with Gasteiger partial charge in [0.15, 0.2) is 0 Å². The number of nitriles is 1. The van der Waals surface area contributed by atoms with Crippen LogP contribution in [-0.2, 0) is 17.1 Å². The third-order valence-electron chi connectivity index (χ3n) is 2.64. The van der Waals surface area contributed by atoms with Crippen LogP contribution in [0.25, 0.3) is 0 Å². The average Bonchev–Trinajstić information content (AvgIpc) is 2.85. The standard InChI is InChI=1S/C9H12N4O2S/c1-12-7-9(6-11-12)16(14,15)13-4-2-3-8(13)5-10/h6-8H,2-4H2,1H3. The van der Waals surface area contributed by atoms with Crippen molar-refractivity contribution in [2.45, 2.75) is 23.8 Å².